The van der Waals surface area contributed by atoms with Gasteiger partial charge in [0.05, 0.1) is 22.8 Å². The second kappa shape index (κ2) is 9.80. The van der Waals surface area contributed by atoms with E-state index in [4.69, 9.17) is 0 Å². The van der Waals surface area contributed by atoms with E-state index in [2.05, 4.69) is 36.2 Å². The second-order valence-corrected chi connectivity index (χ2v) is 8.53. The first-order valence-electron chi connectivity index (χ1n) is 9.61. The van der Waals surface area contributed by atoms with Crippen molar-refractivity contribution in [1.29, 1.82) is 0 Å². The zero-order chi connectivity index (χ0) is 22.5. The zero-order valence-corrected chi connectivity index (χ0v) is 19.4. The lowest BCUT2D eigenvalue weighted by atomic mass is 10.2. The average Bonchev–Trinajstić information content (AvgIpc) is 2.80. The minimum absolute atomic E-state index is 0.221. The topological polar surface area (TPSA) is 88.4 Å². The quantitative estimate of drug-likeness (QED) is 0.218. The van der Waals surface area contributed by atoms with Gasteiger partial charge in [0.25, 0.3) is 5.56 Å². The molecule has 2 N–H and O–H groups in total. The Balaban J connectivity index is 1.57. The zero-order valence-electron chi connectivity index (χ0n) is 16.9. The van der Waals surface area contributed by atoms with Crippen LogP contribution in [0, 0.1) is 6.92 Å². The number of anilines is 1. The molecule has 0 spiro atoms. The van der Waals surface area contributed by atoms with E-state index in [0.29, 0.717) is 22.4 Å². The van der Waals surface area contributed by atoms with Crippen LogP contribution in [0.5, 0.6) is 0 Å². The molecule has 0 aliphatic carbocycles. The third-order valence-electron chi connectivity index (χ3n) is 4.54. The number of hydrogen-bond acceptors (Lipinski definition) is 6. The third kappa shape index (κ3) is 5.06. The van der Waals surface area contributed by atoms with Crippen LogP contribution in [0.3, 0.4) is 0 Å². The van der Waals surface area contributed by atoms with E-state index in [0.717, 1.165) is 27.7 Å². The number of rotatable bonds is 5. The average molecular weight is 508 g/mol. The molecule has 1 heterocycles. The number of nitrogens with zero attached hydrogens (tertiary/aromatic N) is 3. The van der Waals surface area contributed by atoms with Gasteiger partial charge in [-0.3, -0.25) is 14.2 Å². The Morgan fingerprint density at radius 3 is 2.53 bits per heavy atom. The molecule has 0 bridgehead atoms. The molecule has 0 aliphatic rings. The molecule has 1 aromatic heterocycles. The fraction of sp³-hybridized carbons (Fsp3) is 0.0435. The highest BCUT2D eigenvalue weighted by Gasteiger charge is 2.11. The smallest absolute Gasteiger partial charge is 0.319 e. The molecule has 1 amide bonds. The Kier molecular flexibility index (Phi) is 6.67. The Labute approximate surface area is 196 Å². The fourth-order valence-corrected chi connectivity index (χ4v) is 3.68. The van der Waals surface area contributed by atoms with E-state index in [9.17, 15) is 9.59 Å². The SMILES string of the molecule is Cc1ccc(NSC(=O)N/N=C/c2nc3ccccc3c(=O)n2-c2ccc(Br)cc2)cc1. The lowest BCUT2D eigenvalue weighted by molar-refractivity contribution is 0.261. The van der Waals surface area contributed by atoms with Gasteiger partial charge in [-0.05, 0) is 55.5 Å². The highest BCUT2D eigenvalue weighted by atomic mass is 79.9. The second-order valence-electron chi connectivity index (χ2n) is 6.83. The van der Waals surface area contributed by atoms with Crippen molar-refractivity contribution in [1.82, 2.24) is 15.0 Å². The van der Waals surface area contributed by atoms with Crippen LogP contribution in [0.25, 0.3) is 16.6 Å². The summed E-state index contributed by atoms with van der Waals surface area (Å²) < 4.78 is 5.30. The predicted molar refractivity (Wildman–Crippen MR) is 134 cm³/mol. The molecule has 160 valence electrons. The van der Waals surface area contributed by atoms with Gasteiger partial charge in [0.15, 0.2) is 5.82 Å². The van der Waals surface area contributed by atoms with Gasteiger partial charge in [-0.15, -0.1) is 0 Å². The van der Waals surface area contributed by atoms with Gasteiger partial charge >= 0.3 is 5.24 Å². The number of hydrogen-bond donors (Lipinski definition) is 2. The van der Waals surface area contributed by atoms with E-state index in [1.54, 1.807) is 30.3 Å². The van der Waals surface area contributed by atoms with E-state index in [1.807, 2.05) is 49.4 Å². The van der Waals surface area contributed by atoms with E-state index in [-0.39, 0.29) is 5.56 Å². The first-order valence-corrected chi connectivity index (χ1v) is 11.2. The summed E-state index contributed by atoms with van der Waals surface area (Å²) in [5.41, 5.74) is 5.34. The molecule has 0 aliphatic heterocycles. The number of aromatic nitrogens is 2. The summed E-state index contributed by atoms with van der Waals surface area (Å²) in [6.45, 7) is 1.99. The lowest BCUT2D eigenvalue weighted by Gasteiger charge is -2.11. The molecular weight excluding hydrogens is 490 g/mol. The number of amides is 1. The lowest BCUT2D eigenvalue weighted by Crippen LogP contribution is -2.24. The number of aryl methyl sites for hydroxylation is 1. The van der Waals surface area contributed by atoms with Gasteiger partial charge in [-0.25, -0.2) is 10.4 Å². The monoisotopic (exact) mass is 507 g/mol. The maximum atomic E-state index is 13.2. The molecule has 9 heteroatoms. The number of carbonyl (C=O) groups excluding carboxylic acids is 1. The Morgan fingerprint density at radius 2 is 1.78 bits per heavy atom. The molecule has 32 heavy (non-hydrogen) atoms. The van der Waals surface area contributed by atoms with Gasteiger partial charge in [0, 0.05) is 22.1 Å². The van der Waals surface area contributed by atoms with Crippen LogP contribution in [0.15, 0.2) is 87.2 Å². The van der Waals surface area contributed by atoms with Crippen molar-refractivity contribution in [2.24, 2.45) is 5.10 Å². The summed E-state index contributed by atoms with van der Waals surface area (Å²) in [6, 6.07) is 22.1. The first-order chi connectivity index (χ1) is 15.5. The molecule has 0 atom stereocenters. The number of benzene rings is 3. The summed E-state index contributed by atoms with van der Waals surface area (Å²) in [7, 11) is 0. The molecule has 0 fully saturated rings. The summed E-state index contributed by atoms with van der Waals surface area (Å²) >= 11 is 4.27. The van der Waals surface area contributed by atoms with Crippen molar-refractivity contribution >= 4 is 55.9 Å². The standard InChI is InChI=1S/C23H18BrN5O2S/c1-15-6-10-17(11-7-15)28-32-23(31)27-25-14-21-26-20-5-3-2-4-19(20)22(30)29(21)18-12-8-16(24)9-13-18/h2-14,28H,1H3,(H,27,31)/b25-14+. The third-order valence-corrected chi connectivity index (χ3v) is 5.68. The number of para-hydroxylation sites is 1. The molecule has 4 aromatic rings. The number of nitrogens with one attached hydrogen (secondary N) is 2. The minimum atomic E-state index is -0.403. The Morgan fingerprint density at radius 1 is 1.06 bits per heavy atom. The van der Waals surface area contributed by atoms with Crippen LogP contribution in [-0.2, 0) is 0 Å². The van der Waals surface area contributed by atoms with Gasteiger partial charge in [-0.2, -0.15) is 5.10 Å². The van der Waals surface area contributed by atoms with Gasteiger partial charge < -0.3 is 4.72 Å². The molecule has 0 radical (unpaired) electrons. The summed E-state index contributed by atoms with van der Waals surface area (Å²) in [6.07, 6.45) is 1.36. The van der Waals surface area contributed by atoms with Crippen molar-refractivity contribution in [2.75, 3.05) is 4.72 Å². The first kappa shape index (κ1) is 21.8. The van der Waals surface area contributed by atoms with E-state index < -0.39 is 5.24 Å². The molecule has 7 nitrogen and oxygen atoms in total. The normalized spacial score (nSPS) is 11.1. The van der Waals surface area contributed by atoms with Gasteiger partial charge in [-0.1, -0.05) is 45.8 Å². The molecule has 4 rings (SSSR count). The van der Waals surface area contributed by atoms with Crippen LogP contribution in [0.4, 0.5) is 10.5 Å². The van der Waals surface area contributed by atoms with Crippen molar-refractivity contribution in [3.05, 3.63) is 99.0 Å². The Hall–Kier alpha value is -3.43. The number of carbonyl (C=O) groups is 1. The highest BCUT2D eigenvalue weighted by Crippen LogP contribution is 2.16. The van der Waals surface area contributed by atoms with E-state index in [1.165, 1.54) is 10.8 Å². The summed E-state index contributed by atoms with van der Waals surface area (Å²) in [5.74, 6) is 0.299. The van der Waals surface area contributed by atoms with Crippen molar-refractivity contribution in [3.8, 4) is 5.69 Å². The largest absolute Gasteiger partial charge is 0.322 e. The van der Waals surface area contributed by atoms with E-state index >= 15 is 0 Å². The molecule has 0 unspecified atom stereocenters. The van der Waals surface area contributed by atoms with Crippen LogP contribution < -0.4 is 15.7 Å². The summed E-state index contributed by atoms with van der Waals surface area (Å²) in [5, 5.41) is 4.09. The van der Waals surface area contributed by atoms with Crippen molar-refractivity contribution in [3.63, 3.8) is 0 Å². The van der Waals surface area contributed by atoms with Crippen molar-refractivity contribution in [2.45, 2.75) is 6.92 Å². The van der Waals surface area contributed by atoms with Gasteiger partial charge in [0.2, 0.25) is 0 Å². The minimum Gasteiger partial charge on any atom is -0.322 e. The number of hydrazone groups is 1. The maximum Gasteiger partial charge on any atom is 0.319 e. The predicted octanol–water partition coefficient (Wildman–Crippen LogP) is 5.26. The molecular formula is C23H18BrN5O2S. The van der Waals surface area contributed by atoms with Crippen LogP contribution in [0.2, 0.25) is 0 Å². The maximum absolute atomic E-state index is 13.2. The number of halogens is 1. The van der Waals surface area contributed by atoms with Crippen LogP contribution in [-0.4, -0.2) is 21.0 Å². The molecule has 0 saturated carbocycles. The highest BCUT2D eigenvalue weighted by molar-refractivity contribution is 9.10. The Bertz CT molecular complexity index is 1350. The number of fused-ring (bicyclic) bond motifs is 1. The molecule has 0 saturated heterocycles. The van der Waals surface area contributed by atoms with Crippen LogP contribution >= 0.6 is 27.9 Å². The fourth-order valence-electron chi connectivity index (χ4n) is 2.97. The van der Waals surface area contributed by atoms with Crippen LogP contribution in [0.1, 0.15) is 11.4 Å². The molecule has 3 aromatic carbocycles. The van der Waals surface area contributed by atoms with Crippen molar-refractivity contribution < 1.29 is 4.79 Å². The van der Waals surface area contributed by atoms with Gasteiger partial charge in [0.1, 0.15) is 0 Å². The summed E-state index contributed by atoms with van der Waals surface area (Å²) in [4.78, 5) is 29.9.